The van der Waals surface area contributed by atoms with Gasteiger partial charge in [0.15, 0.2) is 0 Å². The molecule has 0 aliphatic carbocycles. The van der Waals surface area contributed by atoms with Gasteiger partial charge < -0.3 is 5.32 Å². The van der Waals surface area contributed by atoms with Gasteiger partial charge in [-0.05, 0) is 37.1 Å². The highest BCUT2D eigenvalue weighted by Gasteiger charge is 2.09. The molecule has 0 saturated heterocycles. The number of carbonyl (C=O) groups is 1. The fourth-order valence-corrected chi connectivity index (χ4v) is 1.90. The molecular formula is C16H15F2NO. The molecule has 0 heterocycles. The molecule has 20 heavy (non-hydrogen) atoms. The molecule has 0 aliphatic heterocycles. The van der Waals surface area contributed by atoms with E-state index >= 15 is 0 Å². The van der Waals surface area contributed by atoms with Crippen molar-refractivity contribution in [3.63, 3.8) is 0 Å². The van der Waals surface area contributed by atoms with Crippen molar-refractivity contribution in [3.05, 3.63) is 65.2 Å². The lowest BCUT2D eigenvalue weighted by molar-refractivity contribution is -0.116. The number of amides is 1. The second kappa shape index (κ2) is 6.28. The maximum absolute atomic E-state index is 13.4. The van der Waals surface area contributed by atoms with Gasteiger partial charge in [-0.15, -0.1) is 0 Å². The molecule has 0 unspecified atom stereocenters. The van der Waals surface area contributed by atoms with Gasteiger partial charge in [-0.25, -0.2) is 8.78 Å². The lowest BCUT2D eigenvalue weighted by Crippen LogP contribution is -2.13. The van der Waals surface area contributed by atoms with E-state index in [1.54, 1.807) is 31.2 Å². The molecule has 0 aliphatic rings. The number of nitrogens with one attached hydrogen (secondary N) is 1. The third-order valence-electron chi connectivity index (χ3n) is 3.12. The Bertz CT molecular complexity index is 626. The maximum Gasteiger partial charge on any atom is 0.224 e. The molecule has 1 amide bonds. The summed E-state index contributed by atoms with van der Waals surface area (Å²) in [7, 11) is 0. The third kappa shape index (κ3) is 3.41. The normalized spacial score (nSPS) is 10.3. The smallest absolute Gasteiger partial charge is 0.224 e. The van der Waals surface area contributed by atoms with Gasteiger partial charge in [0.2, 0.25) is 5.91 Å². The van der Waals surface area contributed by atoms with E-state index in [4.69, 9.17) is 0 Å². The van der Waals surface area contributed by atoms with Crippen molar-refractivity contribution < 1.29 is 13.6 Å². The molecule has 2 nitrogen and oxygen atoms in total. The average Bonchev–Trinajstić information content (AvgIpc) is 2.43. The fourth-order valence-electron chi connectivity index (χ4n) is 1.90. The minimum absolute atomic E-state index is 0.150. The monoisotopic (exact) mass is 275 g/mol. The Morgan fingerprint density at radius 2 is 1.75 bits per heavy atom. The Morgan fingerprint density at radius 1 is 1.05 bits per heavy atom. The van der Waals surface area contributed by atoms with Crippen LogP contribution in [0.3, 0.4) is 0 Å². The first kappa shape index (κ1) is 14.2. The number of rotatable bonds is 4. The molecule has 0 fully saturated rings. The van der Waals surface area contributed by atoms with Crippen LogP contribution in [-0.4, -0.2) is 5.91 Å². The van der Waals surface area contributed by atoms with Crippen LogP contribution in [0.5, 0.6) is 0 Å². The van der Waals surface area contributed by atoms with Crippen LogP contribution in [0.4, 0.5) is 14.5 Å². The van der Waals surface area contributed by atoms with E-state index in [0.29, 0.717) is 23.2 Å². The van der Waals surface area contributed by atoms with Crippen molar-refractivity contribution in [2.75, 3.05) is 5.32 Å². The van der Waals surface area contributed by atoms with Gasteiger partial charge in [0.1, 0.15) is 11.6 Å². The highest BCUT2D eigenvalue weighted by Crippen LogP contribution is 2.18. The van der Waals surface area contributed by atoms with Crippen LogP contribution in [-0.2, 0) is 11.2 Å². The van der Waals surface area contributed by atoms with Gasteiger partial charge in [0.25, 0.3) is 0 Å². The Labute approximate surface area is 116 Å². The second-order valence-electron chi connectivity index (χ2n) is 4.55. The predicted molar refractivity (Wildman–Crippen MR) is 74.5 cm³/mol. The molecule has 2 aromatic carbocycles. The number of anilines is 1. The summed E-state index contributed by atoms with van der Waals surface area (Å²) in [5.41, 5.74) is 1.34. The van der Waals surface area contributed by atoms with E-state index in [1.165, 1.54) is 18.2 Å². The molecule has 2 rings (SSSR count). The van der Waals surface area contributed by atoms with Gasteiger partial charge in [-0.1, -0.05) is 24.3 Å². The van der Waals surface area contributed by atoms with Crippen molar-refractivity contribution in [2.45, 2.75) is 19.8 Å². The first-order valence-electron chi connectivity index (χ1n) is 6.36. The zero-order valence-electron chi connectivity index (χ0n) is 11.1. The lowest BCUT2D eigenvalue weighted by Gasteiger charge is -2.09. The van der Waals surface area contributed by atoms with Gasteiger partial charge in [-0.3, -0.25) is 4.79 Å². The Hall–Kier alpha value is -2.23. The predicted octanol–water partition coefficient (Wildman–Crippen LogP) is 3.84. The summed E-state index contributed by atoms with van der Waals surface area (Å²) in [6.07, 6.45) is 0.462. The van der Waals surface area contributed by atoms with Crippen molar-refractivity contribution >= 4 is 11.6 Å². The van der Waals surface area contributed by atoms with E-state index in [1.807, 2.05) is 0 Å². The van der Waals surface area contributed by atoms with Crippen LogP contribution < -0.4 is 5.32 Å². The van der Waals surface area contributed by atoms with Crippen LogP contribution in [0.25, 0.3) is 0 Å². The van der Waals surface area contributed by atoms with E-state index in [-0.39, 0.29) is 24.0 Å². The molecule has 4 heteroatoms. The summed E-state index contributed by atoms with van der Waals surface area (Å²) in [5.74, 6) is -0.943. The lowest BCUT2D eigenvalue weighted by atomic mass is 10.1. The van der Waals surface area contributed by atoms with Crippen LogP contribution >= 0.6 is 0 Å². The summed E-state index contributed by atoms with van der Waals surface area (Å²) in [4.78, 5) is 11.8. The Balaban J connectivity index is 1.96. The molecule has 2 aromatic rings. The molecule has 0 atom stereocenters. The summed E-state index contributed by atoms with van der Waals surface area (Å²) in [6, 6.07) is 10.9. The van der Waals surface area contributed by atoms with Crippen molar-refractivity contribution in [1.29, 1.82) is 0 Å². The average molecular weight is 275 g/mol. The van der Waals surface area contributed by atoms with Crippen molar-refractivity contribution in [1.82, 2.24) is 0 Å². The van der Waals surface area contributed by atoms with E-state index in [2.05, 4.69) is 5.32 Å². The largest absolute Gasteiger partial charge is 0.326 e. The summed E-state index contributed by atoms with van der Waals surface area (Å²) in [5, 5.41) is 2.64. The molecule has 0 spiro atoms. The van der Waals surface area contributed by atoms with Crippen molar-refractivity contribution in [2.24, 2.45) is 0 Å². The van der Waals surface area contributed by atoms with Crippen LogP contribution in [0.1, 0.15) is 17.5 Å². The summed E-state index contributed by atoms with van der Waals surface area (Å²) >= 11 is 0. The van der Waals surface area contributed by atoms with Crippen LogP contribution in [0.15, 0.2) is 42.5 Å². The number of halogens is 2. The number of hydrogen-bond donors (Lipinski definition) is 1. The van der Waals surface area contributed by atoms with Gasteiger partial charge in [0, 0.05) is 17.7 Å². The van der Waals surface area contributed by atoms with Crippen molar-refractivity contribution in [3.8, 4) is 0 Å². The third-order valence-corrected chi connectivity index (χ3v) is 3.12. The Kier molecular flexibility index (Phi) is 4.45. The minimum Gasteiger partial charge on any atom is -0.326 e. The number of hydrogen-bond acceptors (Lipinski definition) is 1. The Morgan fingerprint density at radius 3 is 2.50 bits per heavy atom. The van der Waals surface area contributed by atoms with E-state index in [9.17, 15) is 13.6 Å². The highest BCUT2D eigenvalue weighted by atomic mass is 19.1. The summed E-state index contributed by atoms with van der Waals surface area (Å²) in [6.45, 7) is 1.60. The molecule has 1 N–H and O–H groups in total. The van der Waals surface area contributed by atoms with Gasteiger partial charge in [0.05, 0.1) is 0 Å². The zero-order valence-corrected chi connectivity index (χ0v) is 11.1. The fraction of sp³-hybridized carbons (Fsp3) is 0.188. The topological polar surface area (TPSA) is 29.1 Å². The first-order valence-corrected chi connectivity index (χ1v) is 6.36. The van der Waals surface area contributed by atoms with E-state index in [0.717, 1.165) is 0 Å². The minimum atomic E-state index is -0.364. The molecule has 0 bridgehead atoms. The summed E-state index contributed by atoms with van der Waals surface area (Å²) < 4.78 is 26.7. The SMILES string of the molecule is Cc1c(F)cccc1NC(=O)CCc1ccccc1F. The van der Waals surface area contributed by atoms with E-state index < -0.39 is 0 Å². The number of carbonyl (C=O) groups excluding carboxylic acids is 1. The van der Waals surface area contributed by atoms with Crippen LogP contribution in [0.2, 0.25) is 0 Å². The standard InChI is InChI=1S/C16H15F2NO/c1-11-13(17)7-4-8-15(11)19-16(20)10-9-12-5-2-3-6-14(12)18/h2-8H,9-10H2,1H3,(H,19,20). The van der Waals surface area contributed by atoms with Gasteiger partial charge in [-0.2, -0.15) is 0 Å². The highest BCUT2D eigenvalue weighted by molar-refractivity contribution is 5.91. The zero-order chi connectivity index (χ0) is 14.5. The molecule has 0 radical (unpaired) electrons. The molecule has 0 aromatic heterocycles. The maximum atomic E-state index is 13.4. The number of aryl methyl sites for hydroxylation is 1. The second-order valence-corrected chi connectivity index (χ2v) is 4.55. The first-order chi connectivity index (χ1) is 9.58. The van der Waals surface area contributed by atoms with Gasteiger partial charge >= 0.3 is 0 Å². The quantitative estimate of drug-likeness (QED) is 0.902. The number of benzene rings is 2. The molecule has 104 valence electrons. The van der Waals surface area contributed by atoms with Crippen LogP contribution in [0, 0.1) is 18.6 Å². The molecule has 0 saturated carbocycles. The molecular weight excluding hydrogens is 260 g/mol.